The van der Waals surface area contributed by atoms with Gasteiger partial charge in [0.15, 0.2) is 9.84 Å². The van der Waals surface area contributed by atoms with Crippen LogP contribution < -0.4 is 5.73 Å². The fraction of sp³-hybridized carbons (Fsp3) is 0.909. The minimum Gasteiger partial charge on any atom is -0.340 e. The van der Waals surface area contributed by atoms with Gasteiger partial charge in [-0.2, -0.15) is 0 Å². The van der Waals surface area contributed by atoms with Gasteiger partial charge in [0.1, 0.15) is 0 Å². The summed E-state index contributed by atoms with van der Waals surface area (Å²) in [5.74, 6) is 0.429. The van der Waals surface area contributed by atoms with Gasteiger partial charge >= 0.3 is 0 Å². The molecule has 0 atom stereocenters. The summed E-state index contributed by atoms with van der Waals surface area (Å²) in [5.41, 5.74) is 5.81. The van der Waals surface area contributed by atoms with Gasteiger partial charge in [0.2, 0.25) is 5.91 Å². The van der Waals surface area contributed by atoms with Gasteiger partial charge in [0.05, 0.1) is 11.5 Å². The Balaban J connectivity index is 1.88. The first kappa shape index (κ1) is 12.8. The number of nitrogens with zero attached hydrogens (tertiary/aromatic N) is 1. The molecule has 5 nitrogen and oxygen atoms in total. The van der Waals surface area contributed by atoms with E-state index in [4.69, 9.17) is 5.73 Å². The van der Waals surface area contributed by atoms with E-state index >= 15 is 0 Å². The van der Waals surface area contributed by atoms with Crippen LogP contribution in [0.5, 0.6) is 0 Å². The van der Waals surface area contributed by atoms with Gasteiger partial charge in [-0.25, -0.2) is 8.42 Å². The molecule has 2 aliphatic rings. The van der Waals surface area contributed by atoms with E-state index in [1.54, 1.807) is 4.90 Å². The number of carbonyl (C=O) groups is 1. The fourth-order valence-electron chi connectivity index (χ4n) is 2.56. The quantitative estimate of drug-likeness (QED) is 0.705. The second-order valence-corrected chi connectivity index (χ2v) is 7.39. The van der Waals surface area contributed by atoms with Gasteiger partial charge < -0.3 is 10.6 Å². The van der Waals surface area contributed by atoms with Gasteiger partial charge in [-0.15, -0.1) is 0 Å². The highest BCUT2D eigenvalue weighted by Crippen LogP contribution is 2.25. The highest BCUT2D eigenvalue weighted by atomic mass is 32.2. The maximum absolute atomic E-state index is 12.2. The van der Waals surface area contributed by atoms with Crippen molar-refractivity contribution in [2.75, 3.05) is 24.6 Å². The van der Waals surface area contributed by atoms with Gasteiger partial charge in [-0.05, 0) is 25.7 Å². The largest absolute Gasteiger partial charge is 0.340 e. The van der Waals surface area contributed by atoms with Crippen molar-refractivity contribution in [2.45, 2.75) is 31.7 Å². The molecule has 1 aliphatic heterocycles. The van der Waals surface area contributed by atoms with Crippen LogP contribution in [-0.2, 0) is 14.6 Å². The van der Waals surface area contributed by atoms with Gasteiger partial charge in [-0.3, -0.25) is 4.79 Å². The van der Waals surface area contributed by atoms with Crippen LogP contribution >= 0.6 is 0 Å². The number of amides is 1. The van der Waals surface area contributed by atoms with E-state index in [0.29, 0.717) is 13.1 Å². The maximum Gasteiger partial charge on any atom is 0.225 e. The summed E-state index contributed by atoms with van der Waals surface area (Å²) in [5, 5.41) is 0. The van der Waals surface area contributed by atoms with Crippen molar-refractivity contribution in [2.24, 2.45) is 11.7 Å². The lowest BCUT2D eigenvalue weighted by Gasteiger charge is -2.33. The highest BCUT2D eigenvalue weighted by molar-refractivity contribution is 7.91. The average molecular weight is 260 g/mol. The first-order valence-electron chi connectivity index (χ1n) is 6.23. The van der Waals surface area contributed by atoms with Crippen molar-refractivity contribution in [1.29, 1.82) is 0 Å². The topological polar surface area (TPSA) is 80.5 Å². The van der Waals surface area contributed by atoms with Crippen molar-refractivity contribution in [3.63, 3.8) is 0 Å². The normalized spacial score (nSPS) is 33.4. The molecule has 1 saturated carbocycles. The second-order valence-electron chi connectivity index (χ2n) is 5.09. The van der Waals surface area contributed by atoms with Crippen LogP contribution in [0.25, 0.3) is 0 Å². The van der Waals surface area contributed by atoms with Crippen LogP contribution in [0.15, 0.2) is 0 Å². The van der Waals surface area contributed by atoms with Crippen molar-refractivity contribution >= 4 is 15.7 Å². The van der Waals surface area contributed by atoms with E-state index in [1.807, 2.05) is 0 Å². The molecule has 17 heavy (non-hydrogen) atoms. The van der Waals surface area contributed by atoms with Crippen LogP contribution in [-0.4, -0.2) is 49.9 Å². The summed E-state index contributed by atoms with van der Waals surface area (Å²) >= 11 is 0. The molecule has 1 heterocycles. The predicted octanol–water partition coefficient (Wildman–Crippen LogP) is -0.239. The molecule has 0 bridgehead atoms. The highest BCUT2D eigenvalue weighted by Gasteiger charge is 2.31. The van der Waals surface area contributed by atoms with Crippen LogP contribution in [0.4, 0.5) is 0 Å². The van der Waals surface area contributed by atoms with E-state index in [9.17, 15) is 13.2 Å². The van der Waals surface area contributed by atoms with Crippen molar-refractivity contribution < 1.29 is 13.2 Å². The van der Waals surface area contributed by atoms with Crippen molar-refractivity contribution in [3.8, 4) is 0 Å². The second kappa shape index (κ2) is 4.94. The Morgan fingerprint density at radius 2 is 1.59 bits per heavy atom. The van der Waals surface area contributed by atoms with Crippen molar-refractivity contribution in [1.82, 2.24) is 4.90 Å². The molecular weight excluding hydrogens is 240 g/mol. The Kier molecular flexibility index (Phi) is 3.73. The standard InChI is InChI=1S/C11H20N2O3S/c12-10-3-1-9(2-4-10)11(14)13-5-7-17(15,16)8-6-13/h9-10H,1-8,12H2/t9-,10-. The van der Waals surface area contributed by atoms with E-state index in [2.05, 4.69) is 0 Å². The van der Waals surface area contributed by atoms with E-state index in [-0.39, 0.29) is 29.4 Å². The lowest BCUT2D eigenvalue weighted by Crippen LogP contribution is -2.47. The van der Waals surface area contributed by atoms with E-state index < -0.39 is 9.84 Å². The number of nitrogens with two attached hydrogens (primary N) is 1. The molecule has 98 valence electrons. The number of carbonyl (C=O) groups excluding carboxylic acids is 1. The van der Waals surface area contributed by atoms with E-state index in [1.165, 1.54) is 0 Å². The Bertz CT molecular complexity index is 372. The summed E-state index contributed by atoms with van der Waals surface area (Å²) in [6.07, 6.45) is 3.51. The van der Waals surface area contributed by atoms with Gasteiger partial charge in [0.25, 0.3) is 0 Å². The molecule has 0 aromatic rings. The van der Waals surface area contributed by atoms with Crippen molar-refractivity contribution in [3.05, 3.63) is 0 Å². The minimum absolute atomic E-state index is 0.0654. The SMILES string of the molecule is N[C@H]1CC[C@H](C(=O)N2CCS(=O)(=O)CC2)CC1. The van der Waals surface area contributed by atoms with Gasteiger partial charge in [-0.1, -0.05) is 0 Å². The van der Waals surface area contributed by atoms with E-state index in [0.717, 1.165) is 25.7 Å². The number of hydrogen-bond acceptors (Lipinski definition) is 4. The molecule has 2 fully saturated rings. The van der Waals surface area contributed by atoms with Crippen LogP contribution in [0, 0.1) is 5.92 Å². The lowest BCUT2D eigenvalue weighted by molar-refractivity contribution is -0.136. The molecule has 0 radical (unpaired) electrons. The lowest BCUT2D eigenvalue weighted by atomic mass is 9.85. The number of sulfone groups is 1. The molecule has 0 aromatic heterocycles. The fourth-order valence-corrected chi connectivity index (χ4v) is 3.76. The smallest absolute Gasteiger partial charge is 0.225 e. The molecule has 0 aromatic carbocycles. The van der Waals surface area contributed by atoms with Gasteiger partial charge in [0, 0.05) is 25.0 Å². The summed E-state index contributed by atoms with van der Waals surface area (Å²) in [6.45, 7) is 0.730. The predicted molar refractivity (Wildman–Crippen MR) is 65.2 cm³/mol. The molecule has 1 saturated heterocycles. The summed E-state index contributed by atoms with van der Waals surface area (Å²) in [7, 11) is -2.90. The summed E-state index contributed by atoms with van der Waals surface area (Å²) < 4.78 is 22.6. The Morgan fingerprint density at radius 1 is 1.06 bits per heavy atom. The molecule has 2 N–H and O–H groups in total. The third-order valence-corrected chi connectivity index (χ3v) is 5.39. The first-order chi connectivity index (χ1) is 7.98. The third kappa shape index (κ3) is 3.19. The zero-order valence-electron chi connectivity index (χ0n) is 9.97. The zero-order chi connectivity index (χ0) is 12.5. The molecular formula is C11H20N2O3S. The molecule has 6 heteroatoms. The minimum atomic E-state index is -2.90. The molecule has 0 spiro atoms. The maximum atomic E-state index is 12.2. The zero-order valence-corrected chi connectivity index (χ0v) is 10.8. The Morgan fingerprint density at radius 3 is 2.12 bits per heavy atom. The molecule has 1 amide bonds. The first-order valence-corrected chi connectivity index (χ1v) is 8.05. The number of rotatable bonds is 1. The Labute approximate surface area is 102 Å². The molecule has 2 rings (SSSR count). The Hall–Kier alpha value is -0.620. The van der Waals surface area contributed by atoms with Crippen LogP contribution in [0.2, 0.25) is 0 Å². The molecule has 0 unspecified atom stereocenters. The number of hydrogen-bond donors (Lipinski definition) is 1. The monoisotopic (exact) mass is 260 g/mol. The summed E-state index contributed by atoms with van der Waals surface area (Å²) in [4.78, 5) is 13.9. The van der Waals surface area contributed by atoms with Crippen LogP contribution in [0.3, 0.4) is 0 Å². The third-order valence-electron chi connectivity index (χ3n) is 3.78. The summed E-state index contributed by atoms with van der Waals surface area (Å²) in [6, 6.07) is 0.237. The molecule has 1 aliphatic carbocycles. The van der Waals surface area contributed by atoms with Crippen LogP contribution in [0.1, 0.15) is 25.7 Å². The average Bonchev–Trinajstić information content (AvgIpc) is 2.29.